The quantitative estimate of drug-likeness (QED) is 0.910. The van der Waals surface area contributed by atoms with Crippen LogP contribution < -0.4 is 16.6 Å². The van der Waals surface area contributed by atoms with Crippen molar-refractivity contribution in [2.45, 2.75) is 45.1 Å². The van der Waals surface area contributed by atoms with E-state index < -0.39 is 11.2 Å². The number of hydrogen-bond acceptors (Lipinski definition) is 4. The van der Waals surface area contributed by atoms with Crippen LogP contribution in [0.1, 0.15) is 49.4 Å². The number of carbonyl (C=O) groups excluding carboxylic acids is 1. The van der Waals surface area contributed by atoms with Crippen LogP contribution >= 0.6 is 0 Å². The molecule has 0 unspecified atom stereocenters. The van der Waals surface area contributed by atoms with Gasteiger partial charge in [-0.2, -0.15) is 0 Å². The Labute approximate surface area is 145 Å². The molecule has 3 rings (SSSR count). The highest BCUT2D eigenvalue weighted by Crippen LogP contribution is 2.27. The Morgan fingerprint density at radius 2 is 1.96 bits per heavy atom. The third kappa shape index (κ3) is 3.10. The highest BCUT2D eigenvalue weighted by atomic mass is 16.2. The number of pyridine rings is 1. The summed E-state index contributed by atoms with van der Waals surface area (Å²) < 4.78 is 2.34. The van der Waals surface area contributed by atoms with E-state index in [1.54, 1.807) is 7.05 Å². The zero-order valence-corrected chi connectivity index (χ0v) is 14.9. The van der Waals surface area contributed by atoms with Gasteiger partial charge in [-0.05, 0) is 24.8 Å². The fourth-order valence-corrected chi connectivity index (χ4v) is 3.73. The number of nitrogens with one attached hydrogen (secondary N) is 1. The Balaban J connectivity index is 1.95. The summed E-state index contributed by atoms with van der Waals surface area (Å²) in [6.45, 7) is 2.15. The lowest BCUT2D eigenvalue weighted by molar-refractivity contribution is 0.0904. The molecule has 1 amide bonds. The van der Waals surface area contributed by atoms with E-state index in [1.807, 2.05) is 0 Å². The molecule has 1 saturated carbocycles. The molecule has 25 heavy (non-hydrogen) atoms. The average Bonchev–Trinajstić information content (AvgIpc) is 2.64. The van der Waals surface area contributed by atoms with Gasteiger partial charge >= 0.3 is 5.69 Å². The van der Waals surface area contributed by atoms with E-state index in [1.165, 1.54) is 30.3 Å². The molecule has 0 spiro atoms. The first-order valence-electron chi connectivity index (χ1n) is 8.80. The molecule has 2 aromatic rings. The topological polar surface area (TPSA) is 86.0 Å². The minimum absolute atomic E-state index is 0.171. The highest BCUT2D eigenvalue weighted by Gasteiger charge is 2.25. The molecule has 1 N–H and O–H groups in total. The summed E-state index contributed by atoms with van der Waals surface area (Å²) in [6, 6.07) is 1.70. The largest absolute Gasteiger partial charge is 0.349 e. The molecular weight excluding hydrogens is 320 g/mol. The zero-order valence-electron chi connectivity index (χ0n) is 14.9. The van der Waals surface area contributed by atoms with Gasteiger partial charge in [-0.3, -0.25) is 18.7 Å². The van der Waals surface area contributed by atoms with Gasteiger partial charge in [0.15, 0.2) is 0 Å². The Morgan fingerprint density at radius 3 is 2.68 bits per heavy atom. The van der Waals surface area contributed by atoms with Crippen LogP contribution in [-0.2, 0) is 14.1 Å². The number of hydrogen-bond donors (Lipinski definition) is 1. The van der Waals surface area contributed by atoms with Gasteiger partial charge in [0.2, 0.25) is 0 Å². The minimum atomic E-state index is -0.440. The van der Waals surface area contributed by atoms with Crippen LogP contribution in [-0.4, -0.2) is 26.1 Å². The van der Waals surface area contributed by atoms with Crippen LogP contribution in [0.25, 0.3) is 11.0 Å². The molecule has 1 aliphatic rings. The summed E-state index contributed by atoms with van der Waals surface area (Å²) in [5.74, 6) is 0.287. The van der Waals surface area contributed by atoms with Gasteiger partial charge in [-0.25, -0.2) is 9.78 Å². The molecular formula is C18H24N4O3. The lowest BCUT2D eigenvalue weighted by Gasteiger charge is -2.31. The molecule has 7 nitrogen and oxygen atoms in total. The zero-order chi connectivity index (χ0) is 18.1. The maximum atomic E-state index is 12.6. The predicted molar refractivity (Wildman–Crippen MR) is 95.7 cm³/mol. The van der Waals surface area contributed by atoms with E-state index in [0.29, 0.717) is 11.5 Å². The van der Waals surface area contributed by atoms with Gasteiger partial charge in [-0.1, -0.05) is 26.2 Å². The van der Waals surface area contributed by atoms with Crippen molar-refractivity contribution in [1.82, 2.24) is 19.4 Å². The molecule has 0 saturated heterocycles. The van der Waals surface area contributed by atoms with Gasteiger partial charge in [0.1, 0.15) is 5.65 Å². The molecule has 2 aromatic heterocycles. The predicted octanol–water partition coefficient (Wildman–Crippen LogP) is 1.33. The van der Waals surface area contributed by atoms with Gasteiger partial charge in [0.05, 0.1) is 10.9 Å². The first kappa shape index (κ1) is 17.4. The number of carbonyl (C=O) groups is 1. The summed E-state index contributed by atoms with van der Waals surface area (Å²) in [6.07, 6.45) is 6.94. The van der Waals surface area contributed by atoms with Gasteiger partial charge in [0.25, 0.3) is 11.5 Å². The SMILES string of the molecule is CC[C@@H]1CCCC[C@@H]1NC(=O)c1cnc2c(c1)c(=O)n(C)c(=O)n2C. The van der Waals surface area contributed by atoms with Crippen molar-refractivity contribution >= 4 is 16.9 Å². The van der Waals surface area contributed by atoms with Crippen molar-refractivity contribution < 1.29 is 4.79 Å². The Kier molecular flexibility index (Phi) is 4.74. The minimum Gasteiger partial charge on any atom is -0.349 e. The third-order valence-corrected chi connectivity index (χ3v) is 5.31. The summed E-state index contributed by atoms with van der Waals surface area (Å²) >= 11 is 0. The second-order valence-corrected chi connectivity index (χ2v) is 6.83. The summed E-state index contributed by atoms with van der Waals surface area (Å²) in [4.78, 5) is 41.1. The number of nitrogens with zero attached hydrogens (tertiary/aromatic N) is 3. The average molecular weight is 344 g/mol. The van der Waals surface area contributed by atoms with Gasteiger partial charge in [-0.15, -0.1) is 0 Å². The van der Waals surface area contributed by atoms with Crippen LogP contribution in [0, 0.1) is 5.92 Å². The number of fused-ring (bicyclic) bond motifs is 1. The van der Waals surface area contributed by atoms with Crippen LogP contribution in [0.3, 0.4) is 0 Å². The van der Waals surface area contributed by atoms with Crippen molar-refractivity contribution in [3.8, 4) is 0 Å². The molecule has 2 atom stereocenters. The molecule has 1 fully saturated rings. The maximum absolute atomic E-state index is 12.6. The number of rotatable bonds is 3. The van der Waals surface area contributed by atoms with Crippen LogP contribution in [0.5, 0.6) is 0 Å². The Morgan fingerprint density at radius 1 is 1.24 bits per heavy atom. The first-order chi connectivity index (χ1) is 11.9. The maximum Gasteiger partial charge on any atom is 0.332 e. The molecule has 2 heterocycles. The van der Waals surface area contributed by atoms with E-state index in [2.05, 4.69) is 17.2 Å². The number of aryl methyl sites for hydroxylation is 1. The van der Waals surface area contributed by atoms with Crippen molar-refractivity contribution in [3.63, 3.8) is 0 Å². The summed E-state index contributed by atoms with van der Waals surface area (Å²) in [7, 11) is 2.98. The monoisotopic (exact) mass is 344 g/mol. The molecule has 0 aliphatic heterocycles. The van der Waals surface area contributed by atoms with Crippen LogP contribution in [0.15, 0.2) is 21.9 Å². The van der Waals surface area contributed by atoms with Crippen LogP contribution in [0.4, 0.5) is 0 Å². The number of amides is 1. The van der Waals surface area contributed by atoms with Crippen molar-refractivity contribution in [1.29, 1.82) is 0 Å². The molecule has 0 radical (unpaired) electrons. The normalized spacial score (nSPS) is 20.6. The summed E-state index contributed by atoms with van der Waals surface area (Å²) in [5, 5.41) is 3.38. The highest BCUT2D eigenvalue weighted by molar-refractivity contribution is 5.96. The van der Waals surface area contributed by atoms with Crippen LogP contribution in [0.2, 0.25) is 0 Å². The smallest absolute Gasteiger partial charge is 0.332 e. The number of aromatic nitrogens is 3. The second kappa shape index (κ2) is 6.82. The van der Waals surface area contributed by atoms with E-state index in [4.69, 9.17) is 0 Å². The lowest BCUT2D eigenvalue weighted by Crippen LogP contribution is -2.42. The van der Waals surface area contributed by atoms with E-state index in [9.17, 15) is 14.4 Å². The lowest BCUT2D eigenvalue weighted by atomic mass is 9.83. The summed E-state index contributed by atoms with van der Waals surface area (Å²) in [5.41, 5.74) is -0.239. The molecule has 1 aliphatic carbocycles. The molecule has 134 valence electrons. The van der Waals surface area contributed by atoms with Crippen molar-refractivity contribution in [3.05, 3.63) is 38.7 Å². The fraction of sp³-hybridized carbons (Fsp3) is 0.556. The first-order valence-corrected chi connectivity index (χ1v) is 8.80. The van der Waals surface area contributed by atoms with E-state index >= 15 is 0 Å². The molecule has 0 aromatic carbocycles. The Bertz CT molecular complexity index is 928. The van der Waals surface area contributed by atoms with Gasteiger partial charge in [0, 0.05) is 26.3 Å². The van der Waals surface area contributed by atoms with E-state index in [-0.39, 0.29) is 23.0 Å². The Hall–Kier alpha value is -2.44. The molecule has 0 bridgehead atoms. The molecule has 7 heteroatoms. The third-order valence-electron chi connectivity index (χ3n) is 5.31. The van der Waals surface area contributed by atoms with E-state index in [0.717, 1.165) is 30.3 Å². The standard InChI is InChI=1S/C18H24N4O3/c1-4-11-7-5-6-8-14(11)20-16(23)12-9-13-15(19-10-12)21(2)18(25)22(3)17(13)24/h9-11,14H,4-8H2,1-3H3,(H,20,23)/t11-,14+/m1/s1. The fourth-order valence-electron chi connectivity index (χ4n) is 3.73. The van der Waals surface area contributed by atoms with Gasteiger partial charge < -0.3 is 5.32 Å². The second-order valence-electron chi connectivity index (χ2n) is 6.83. The van der Waals surface area contributed by atoms with Crippen molar-refractivity contribution in [2.75, 3.05) is 0 Å². The van der Waals surface area contributed by atoms with Crippen molar-refractivity contribution in [2.24, 2.45) is 20.0 Å².